The Morgan fingerprint density at radius 1 is 1.22 bits per heavy atom. The van der Waals surface area contributed by atoms with Gasteiger partial charge >= 0.3 is 12.0 Å². The Hall–Kier alpha value is -1.59. The van der Waals surface area contributed by atoms with Gasteiger partial charge in [0.15, 0.2) is 6.61 Å². The molecule has 0 spiro atoms. The molecule has 2 rings (SSSR count). The molecule has 0 radical (unpaired) electrons. The number of amides is 3. The van der Waals surface area contributed by atoms with E-state index in [4.69, 9.17) is 10.5 Å². The second kappa shape index (κ2) is 5.37. The van der Waals surface area contributed by atoms with Gasteiger partial charge in [0, 0.05) is 6.42 Å². The Balaban J connectivity index is 1.66. The first kappa shape index (κ1) is 12.9. The van der Waals surface area contributed by atoms with Gasteiger partial charge in [0.05, 0.1) is 0 Å². The minimum Gasteiger partial charge on any atom is -0.456 e. The van der Waals surface area contributed by atoms with E-state index < -0.39 is 18.5 Å². The number of rotatable bonds is 4. The molecule has 0 unspecified atom stereocenters. The summed E-state index contributed by atoms with van der Waals surface area (Å²) in [5.41, 5.74) is 4.76. The first-order chi connectivity index (χ1) is 8.54. The SMILES string of the molecule is NC(=O)NC(=O)COC(=O)C[C@H]1C[C@H]2CC[C@H]1C2. The van der Waals surface area contributed by atoms with Crippen molar-refractivity contribution < 1.29 is 19.1 Å². The van der Waals surface area contributed by atoms with Gasteiger partial charge in [-0.15, -0.1) is 0 Å². The molecule has 6 heteroatoms. The van der Waals surface area contributed by atoms with Crippen molar-refractivity contribution in [2.24, 2.45) is 23.5 Å². The number of carbonyl (C=O) groups excluding carboxylic acids is 3. The average Bonchev–Trinajstić information content (AvgIpc) is 2.87. The minimum atomic E-state index is -0.941. The van der Waals surface area contributed by atoms with Gasteiger partial charge in [0.1, 0.15) is 0 Å². The molecule has 100 valence electrons. The number of imide groups is 1. The van der Waals surface area contributed by atoms with Crippen LogP contribution in [0.5, 0.6) is 0 Å². The molecule has 3 atom stereocenters. The summed E-state index contributed by atoms with van der Waals surface area (Å²) in [6, 6.07) is -0.941. The molecule has 0 aliphatic heterocycles. The van der Waals surface area contributed by atoms with Gasteiger partial charge in [-0.1, -0.05) is 6.42 Å². The second-order valence-electron chi connectivity index (χ2n) is 5.21. The highest BCUT2D eigenvalue weighted by molar-refractivity contribution is 5.94. The maximum Gasteiger partial charge on any atom is 0.318 e. The lowest BCUT2D eigenvalue weighted by Gasteiger charge is -2.20. The first-order valence-corrected chi connectivity index (χ1v) is 6.29. The fourth-order valence-electron chi connectivity index (χ4n) is 3.22. The molecule has 0 aromatic rings. The van der Waals surface area contributed by atoms with Gasteiger partial charge < -0.3 is 10.5 Å². The van der Waals surface area contributed by atoms with E-state index in [0.717, 1.165) is 12.3 Å². The molecule has 0 aromatic carbocycles. The Labute approximate surface area is 105 Å². The molecule has 6 nitrogen and oxygen atoms in total. The maximum absolute atomic E-state index is 11.5. The van der Waals surface area contributed by atoms with Crippen LogP contribution in [0.4, 0.5) is 4.79 Å². The Bertz CT molecular complexity index is 369. The molecule has 0 aromatic heterocycles. The zero-order chi connectivity index (χ0) is 13.1. The Kier molecular flexibility index (Phi) is 3.84. The minimum absolute atomic E-state index is 0.368. The van der Waals surface area contributed by atoms with Crippen molar-refractivity contribution in [1.82, 2.24) is 5.32 Å². The number of carbonyl (C=O) groups is 3. The van der Waals surface area contributed by atoms with Gasteiger partial charge in [-0.2, -0.15) is 0 Å². The van der Waals surface area contributed by atoms with Crippen LogP contribution < -0.4 is 11.1 Å². The number of primary amides is 1. The van der Waals surface area contributed by atoms with Gasteiger partial charge in [-0.25, -0.2) is 4.79 Å². The zero-order valence-electron chi connectivity index (χ0n) is 10.2. The fraction of sp³-hybridized carbons (Fsp3) is 0.750. The summed E-state index contributed by atoms with van der Waals surface area (Å²) in [6.07, 6.45) is 5.22. The predicted molar refractivity (Wildman–Crippen MR) is 62.2 cm³/mol. The maximum atomic E-state index is 11.5. The molecule has 2 fully saturated rings. The predicted octanol–water partition coefficient (Wildman–Crippen LogP) is 0.551. The molecule has 3 N–H and O–H groups in total. The lowest BCUT2D eigenvalue weighted by atomic mass is 9.86. The summed E-state index contributed by atoms with van der Waals surface area (Å²) in [5, 5.41) is 1.84. The van der Waals surface area contributed by atoms with Crippen LogP contribution in [-0.2, 0) is 14.3 Å². The summed E-state index contributed by atoms with van der Waals surface area (Å²) >= 11 is 0. The summed E-state index contributed by atoms with van der Waals surface area (Å²) in [6.45, 7) is -0.442. The molecule has 2 bridgehead atoms. The van der Waals surface area contributed by atoms with Crippen LogP contribution in [0.15, 0.2) is 0 Å². The van der Waals surface area contributed by atoms with Crippen molar-refractivity contribution in [2.45, 2.75) is 32.1 Å². The number of nitrogens with one attached hydrogen (secondary N) is 1. The molecular formula is C12H18N2O4. The third-order valence-electron chi connectivity index (χ3n) is 3.94. The summed E-state index contributed by atoms with van der Waals surface area (Å²) < 4.78 is 4.82. The topological polar surface area (TPSA) is 98.5 Å². The number of nitrogens with two attached hydrogens (primary N) is 1. The van der Waals surface area contributed by atoms with E-state index in [1.807, 2.05) is 5.32 Å². The third-order valence-corrected chi connectivity index (χ3v) is 3.94. The van der Waals surface area contributed by atoms with Crippen molar-refractivity contribution in [3.8, 4) is 0 Å². The molecule has 18 heavy (non-hydrogen) atoms. The number of hydrogen-bond donors (Lipinski definition) is 2. The molecule has 2 aliphatic rings. The van der Waals surface area contributed by atoms with E-state index in [1.54, 1.807) is 0 Å². The van der Waals surface area contributed by atoms with Gasteiger partial charge in [0.2, 0.25) is 0 Å². The molecule has 0 heterocycles. The Morgan fingerprint density at radius 3 is 2.56 bits per heavy atom. The quantitative estimate of drug-likeness (QED) is 0.716. The second-order valence-corrected chi connectivity index (χ2v) is 5.21. The van der Waals surface area contributed by atoms with Gasteiger partial charge in [0.25, 0.3) is 5.91 Å². The number of esters is 1. The lowest BCUT2D eigenvalue weighted by molar-refractivity contribution is -0.149. The lowest BCUT2D eigenvalue weighted by Crippen LogP contribution is -2.37. The number of urea groups is 1. The zero-order valence-corrected chi connectivity index (χ0v) is 10.2. The standard InChI is InChI=1S/C12H18N2O4/c13-12(17)14-10(15)6-18-11(16)5-9-4-7-1-2-8(9)3-7/h7-9H,1-6H2,(H3,13,14,15,17)/t7-,8-,9+/m0/s1. The van der Waals surface area contributed by atoms with Crippen molar-refractivity contribution in [3.05, 3.63) is 0 Å². The van der Waals surface area contributed by atoms with Crippen molar-refractivity contribution in [1.29, 1.82) is 0 Å². The van der Waals surface area contributed by atoms with Crippen LogP contribution in [-0.4, -0.2) is 24.5 Å². The number of ether oxygens (including phenoxy) is 1. The van der Waals surface area contributed by atoms with Gasteiger partial charge in [-0.05, 0) is 37.0 Å². The number of fused-ring (bicyclic) bond motifs is 2. The van der Waals surface area contributed by atoms with Crippen LogP contribution >= 0.6 is 0 Å². The van der Waals surface area contributed by atoms with Gasteiger partial charge in [-0.3, -0.25) is 14.9 Å². The van der Waals surface area contributed by atoms with E-state index in [2.05, 4.69) is 0 Å². The molecular weight excluding hydrogens is 236 g/mol. The van der Waals surface area contributed by atoms with Crippen molar-refractivity contribution in [2.75, 3.05) is 6.61 Å². The highest BCUT2D eigenvalue weighted by atomic mass is 16.5. The van der Waals surface area contributed by atoms with E-state index in [9.17, 15) is 14.4 Å². The smallest absolute Gasteiger partial charge is 0.318 e. The van der Waals surface area contributed by atoms with Crippen LogP contribution in [0.25, 0.3) is 0 Å². The highest BCUT2D eigenvalue weighted by Crippen LogP contribution is 2.49. The summed E-state index contributed by atoms with van der Waals surface area (Å²) in [7, 11) is 0. The third kappa shape index (κ3) is 3.21. The monoisotopic (exact) mass is 254 g/mol. The van der Waals surface area contributed by atoms with E-state index in [-0.39, 0.29) is 5.97 Å². The average molecular weight is 254 g/mol. The fourth-order valence-corrected chi connectivity index (χ4v) is 3.22. The van der Waals surface area contributed by atoms with E-state index >= 15 is 0 Å². The van der Waals surface area contributed by atoms with E-state index in [0.29, 0.717) is 18.3 Å². The summed E-state index contributed by atoms with van der Waals surface area (Å²) in [4.78, 5) is 33.0. The van der Waals surface area contributed by atoms with E-state index in [1.165, 1.54) is 19.3 Å². The van der Waals surface area contributed by atoms with Crippen molar-refractivity contribution in [3.63, 3.8) is 0 Å². The first-order valence-electron chi connectivity index (χ1n) is 6.29. The summed E-state index contributed by atoms with van der Waals surface area (Å²) in [5.74, 6) is 0.791. The molecule has 2 aliphatic carbocycles. The highest BCUT2D eigenvalue weighted by Gasteiger charge is 2.40. The Morgan fingerprint density at radius 2 is 2.00 bits per heavy atom. The molecule has 2 saturated carbocycles. The molecule has 0 saturated heterocycles. The molecule has 3 amide bonds. The largest absolute Gasteiger partial charge is 0.456 e. The van der Waals surface area contributed by atoms with Crippen molar-refractivity contribution >= 4 is 17.9 Å². The van der Waals surface area contributed by atoms with Crippen LogP contribution in [0.1, 0.15) is 32.1 Å². The van der Waals surface area contributed by atoms with Crippen LogP contribution in [0.2, 0.25) is 0 Å². The van der Waals surface area contributed by atoms with Crippen LogP contribution in [0.3, 0.4) is 0 Å². The van der Waals surface area contributed by atoms with Crippen LogP contribution in [0, 0.1) is 17.8 Å². The number of hydrogen-bond acceptors (Lipinski definition) is 4. The normalized spacial score (nSPS) is 29.0.